The molecule has 0 bridgehead atoms. The summed E-state index contributed by atoms with van der Waals surface area (Å²) in [5.74, 6) is 0.547. The van der Waals surface area contributed by atoms with Gasteiger partial charge in [-0.1, -0.05) is 0 Å². The maximum Gasteiger partial charge on any atom is 0.293 e. The number of anilines is 1. The van der Waals surface area contributed by atoms with E-state index in [1.54, 1.807) is 0 Å². The van der Waals surface area contributed by atoms with E-state index >= 15 is 0 Å². The van der Waals surface area contributed by atoms with E-state index in [-0.39, 0.29) is 12.5 Å². The van der Waals surface area contributed by atoms with Gasteiger partial charge < -0.3 is 4.74 Å². The van der Waals surface area contributed by atoms with Crippen LogP contribution in [-0.4, -0.2) is 34.2 Å². The minimum Gasteiger partial charge on any atom is -0.467 e. The molecule has 0 aliphatic rings. The second kappa shape index (κ2) is 4.95. The van der Waals surface area contributed by atoms with Gasteiger partial charge in [-0.05, 0) is 0 Å². The van der Waals surface area contributed by atoms with Gasteiger partial charge in [-0.25, -0.2) is 5.10 Å². The Kier molecular flexibility index (Phi) is 3.59. The number of nitrogens with one attached hydrogen (secondary N) is 2. The predicted octanol–water partition coefficient (Wildman–Crippen LogP) is -0.521. The summed E-state index contributed by atoms with van der Waals surface area (Å²) < 4.78 is 4.47. The zero-order valence-corrected chi connectivity index (χ0v) is 7.61. The van der Waals surface area contributed by atoms with Crippen LogP contribution < -0.4 is 5.32 Å². The molecule has 7 nitrogen and oxygen atoms in total. The van der Waals surface area contributed by atoms with Crippen molar-refractivity contribution in [3.8, 4) is 0 Å². The number of carbonyl (C=O) groups is 2. The van der Waals surface area contributed by atoms with E-state index in [1.807, 2.05) is 0 Å². The van der Waals surface area contributed by atoms with Crippen LogP contribution in [0, 0.1) is 0 Å². The van der Waals surface area contributed by atoms with Gasteiger partial charge in [0.05, 0.1) is 6.61 Å². The van der Waals surface area contributed by atoms with Crippen LogP contribution in [0.5, 0.6) is 0 Å². The molecule has 0 aliphatic carbocycles. The number of hydrogen-bond acceptors (Lipinski definition) is 5. The third-order valence-electron chi connectivity index (χ3n) is 1.34. The summed E-state index contributed by atoms with van der Waals surface area (Å²) in [6, 6.07) is 0. The molecule has 1 rings (SSSR count). The second-order valence-corrected chi connectivity index (χ2v) is 2.50. The minimum atomic E-state index is -0.225. The molecule has 1 aromatic rings. The summed E-state index contributed by atoms with van der Waals surface area (Å²) in [5.41, 5.74) is 0. The number of aromatic amines is 1. The number of ether oxygens (including phenoxy) is 1. The van der Waals surface area contributed by atoms with Crippen LogP contribution in [0.2, 0.25) is 0 Å². The molecule has 1 aromatic heterocycles. The fourth-order valence-electron chi connectivity index (χ4n) is 0.829. The molecule has 14 heavy (non-hydrogen) atoms. The molecule has 2 N–H and O–H groups in total. The van der Waals surface area contributed by atoms with Crippen LogP contribution in [0.4, 0.5) is 5.95 Å². The molecule has 0 atom stereocenters. The third-order valence-corrected chi connectivity index (χ3v) is 1.34. The monoisotopic (exact) mass is 198 g/mol. The summed E-state index contributed by atoms with van der Waals surface area (Å²) in [5, 5.41) is 8.76. The molecule has 0 aliphatic heterocycles. The molecular weight excluding hydrogens is 188 g/mol. The van der Waals surface area contributed by atoms with E-state index in [1.165, 1.54) is 6.92 Å². The SMILES string of the molecule is CC(=O)Nc1nc(CCOC=O)n[nH]1. The van der Waals surface area contributed by atoms with E-state index in [9.17, 15) is 9.59 Å². The van der Waals surface area contributed by atoms with Crippen LogP contribution in [0.1, 0.15) is 12.7 Å². The molecule has 1 heterocycles. The van der Waals surface area contributed by atoms with Crippen LogP contribution >= 0.6 is 0 Å². The van der Waals surface area contributed by atoms with Gasteiger partial charge >= 0.3 is 0 Å². The molecule has 0 saturated heterocycles. The van der Waals surface area contributed by atoms with E-state index < -0.39 is 0 Å². The number of nitrogens with zero attached hydrogens (tertiary/aromatic N) is 2. The number of rotatable bonds is 5. The fourth-order valence-corrected chi connectivity index (χ4v) is 0.829. The molecule has 0 unspecified atom stereocenters. The van der Waals surface area contributed by atoms with Gasteiger partial charge in [0.1, 0.15) is 0 Å². The van der Waals surface area contributed by atoms with E-state index in [2.05, 4.69) is 25.2 Å². The molecule has 7 heteroatoms. The van der Waals surface area contributed by atoms with Crippen molar-refractivity contribution in [2.75, 3.05) is 11.9 Å². The van der Waals surface area contributed by atoms with Gasteiger partial charge in [-0.3, -0.25) is 14.9 Å². The Morgan fingerprint density at radius 1 is 1.71 bits per heavy atom. The molecule has 1 amide bonds. The summed E-state index contributed by atoms with van der Waals surface area (Å²) in [7, 11) is 0. The highest BCUT2D eigenvalue weighted by Gasteiger charge is 2.03. The molecule has 0 fully saturated rings. The first kappa shape index (κ1) is 10.2. The smallest absolute Gasteiger partial charge is 0.293 e. The summed E-state index contributed by atoms with van der Waals surface area (Å²) in [6.07, 6.45) is 0.412. The zero-order chi connectivity index (χ0) is 10.4. The maximum absolute atomic E-state index is 10.6. The average Bonchev–Trinajstić information content (AvgIpc) is 2.52. The van der Waals surface area contributed by atoms with Gasteiger partial charge in [0, 0.05) is 13.3 Å². The summed E-state index contributed by atoms with van der Waals surface area (Å²) in [6.45, 7) is 1.96. The van der Waals surface area contributed by atoms with Crippen LogP contribution in [0.15, 0.2) is 0 Å². The minimum absolute atomic E-state index is 0.223. The molecule has 0 spiro atoms. The van der Waals surface area contributed by atoms with Crippen LogP contribution in [0.25, 0.3) is 0 Å². The van der Waals surface area contributed by atoms with Crippen molar-refractivity contribution in [2.45, 2.75) is 13.3 Å². The van der Waals surface area contributed by atoms with Gasteiger partial charge in [0.15, 0.2) is 5.82 Å². The van der Waals surface area contributed by atoms with Gasteiger partial charge in [0.25, 0.3) is 6.47 Å². The number of amides is 1. The quantitative estimate of drug-likeness (QED) is 0.490. The van der Waals surface area contributed by atoms with Gasteiger partial charge in [-0.2, -0.15) is 10.1 Å². The summed E-state index contributed by atoms with van der Waals surface area (Å²) >= 11 is 0. The van der Waals surface area contributed by atoms with Crippen molar-refractivity contribution in [1.82, 2.24) is 15.2 Å². The highest BCUT2D eigenvalue weighted by Crippen LogP contribution is 1.98. The van der Waals surface area contributed by atoms with Crippen molar-refractivity contribution in [2.24, 2.45) is 0 Å². The number of aromatic nitrogens is 3. The third kappa shape index (κ3) is 3.21. The lowest BCUT2D eigenvalue weighted by molar-refractivity contribution is -0.128. The first-order chi connectivity index (χ1) is 6.72. The highest BCUT2D eigenvalue weighted by molar-refractivity contribution is 5.86. The van der Waals surface area contributed by atoms with Crippen molar-refractivity contribution in [3.05, 3.63) is 5.82 Å². The predicted molar refractivity (Wildman–Crippen MR) is 46.4 cm³/mol. The fraction of sp³-hybridized carbons (Fsp3) is 0.429. The number of carbonyl (C=O) groups excluding carboxylic acids is 2. The molecule has 76 valence electrons. The lowest BCUT2D eigenvalue weighted by atomic mass is 10.4. The maximum atomic E-state index is 10.6. The van der Waals surface area contributed by atoms with E-state index in [4.69, 9.17) is 0 Å². The summed E-state index contributed by atoms with van der Waals surface area (Å²) in [4.78, 5) is 24.4. The first-order valence-corrected chi connectivity index (χ1v) is 3.96. The van der Waals surface area contributed by atoms with E-state index in [0.29, 0.717) is 24.7 Å². The lowest BCUT2D eigenvalue weighted by Crippen LogP contribution is -2.07. The molecule has 0 saturated carbocycles. The Labute approximate surface area is 79.9 Å². The number of H-pyrrole nitrogens is 1. The molecule has 0 aromatic carbocycles. The number of hydrogen-bond donors (Lipinski definition) is 2. The van der Waals surface area contributed by atoms with Gasteiger partial charge in [0.2, 0.25) is 11.9 Å². The molecular formula is C7H10N4O3. The van der Waals surface area contributed by atoms with Gasteiger partial charge in [-0.15, -0.1) is 0 Å². The van der Waals surface area contributed by atoms with Crippen molar-refractivity contribution in [3.63, 3.8) is 0 Å². The topological polar surface area (TPSA) is 97.0 Å². The molecule has 0 radical (unpaired) electrons. The van der Waals surface area contributed by atoms with E-state index in [0.717, 1.165) is 0 Å². The van der Waals surface area contributed by atoms with Crippen LogP contribution in [0.3, 0.4) is 0 Å². The standard InChI is InChI=1S/C7H10N4O3/c1-5(13)8-7-9-6(10-11-7)2-3-14-4-12/h4H,2-3H2,1H3,(H2,8,9,10,11,13). The van der Waals surface area contributed by atoms with Crippen molar-refractivity contribution >= 4 is 18.3 Å². The highest BCUT2D eigenvalue weighted by atomic mass is 16.5. The Balaban J connectivity index is 2.42. The largest absolute Gasteiger partial charge is 0.467 e. The lowest BCUT2D eigenvalue weighted by Gasteiger charge is -1.93. The average molecular weight is 198 g/mol. The van der Waals surface area contributed by atoms with Crippen molar-refractivity contribution < 1.29 is 14.3 Å². The Hall–Kier alpha value is -1.92. The second-order valence-electron chi connectivity index (χ2n) is 2.50. The zero-order valence-electron chi connectivity index (χ0n) is 7.61. The first-order valence-electron chi connectivity index (χ1n) is 3.96. The Bertz CT molecular complexity index is 322. The van der Waals surface area contributed by atoms with Crippen LogP contribution in [-0.2, 0) is 20.7 Å². The Morgan fingerprint density at radius 2 is 2.50 bits per heavy atom. The Morgan fingerprint density at radius 3 is 3.14 bits per heavy atom. The van der Waals surface area contributed by atoms with Crippen molar-refractivity contribution in [1.29, 1.82) is 0 Å². The normalized spacial score (nSPS) is 9.50.